The number of hydrogen-bond donors (Lipinski definition) is 2. The number of nitrogens with zero attached hydrogens (tertiary/aromatic N) is 1. The minimum absolute atomic E-state index is 0.128. The van der Waals surface area contributed by atoms with Crippen LogP contribution in [0.5, 0.6) is 0 Å². The number of nitro benzene ring substituents is 1. The van der Waals surface area contributed by atoms with Crippen LogP contribution in [0.25, 0.3) is 0 Å². The van der Waals surface area contributed by atoms with E-state index in [-0.39, 0.29) is 17.0 Å². The second-order valence-corrected chi connectivity index (χ2v) is 6.19. The first-order valence-electron chi connectivity index (χ1n) is 6.19. The van der Waals surface area contributed by atoms with Crippen LogP contribution in [0.15, 0.2) is 23.1 Å². The highest BCUT2D eigenvalue weighted by Crippen LogP contribution is 2.22. The van der Waals surface area contributed by atoms with Crippen molar-refractivity contribution in [3.63, 3.8) is 0 Å². The summed E-state index contributed by atoms with van der Waals surface area (Å²) in [6.45, 7) is 3.21. The van der Waals surface area contributed by atoms with Gasteiger partial charge in [-0.3, -0.25) is 14.9 Å². The predicted octanol–water partition coefficient (Wildman–Crippen LogP) is 1.43. The normalized spacial score (nSPS) is 12.9. The Morgan fingerprint density at radius 3 is 2.57 bits per heavy atom. The number of rotatable bonds is 7. The summed E-state index contributed by atoms with van der Waals surface area (Å²) in [6, 6.07) is 2.15. The highest BCUT2D eigenvalue weighted by molar-refractivity contribution is 7.89. The van der Waals surface area contributed by atoms with E-state index in [4.69, 9.17) is 5.11 Å². The molecule has 0 bridgehead atoms. The number of hydrogen-bond acceptors (Lipinski definition) is 5. The van der Waals surface area contributed by atoms with Crippen LogP contribution in [0.1, 0.15) is 25.3 Å². The van der Waals surface area contributed by atoms with Crippen LogP contribution in [0.2, 0.25) is 0 Å². The van der Waals surface area contributed by atoms with Gasteiger partial charge in [0.2, 0.25) is 10.0 Å². The molecule has 0 radical (unpaired) electrons. The smallest absolute Gasteiger partial charge is 0.321 e. The fraction of sp³-hybridized carbons (Fsp3) is 0.417. The minimum atomic E-state index is -4.15. The van der Waals surface area contributed by atoms with E-state index < -0.39 is 27.0 Å². The van der Waals surface area contributed by atoms with Crippen molar-refractivity contribution in [3.8, 4) is 0 Å². The van der Waals surface area contributed by atoms with Gasteiger partial charge in [0.05, 0.1) is 9.82 Å². The number of carboxylic acids is 1. The van der Waals surface area contributed by atoms with Crippen molar-refractivity contribution < 1.29 is 23.2 Å². The molecule has 0 saturated carbocycles. The summed E-state index contributed by atoms with van der Waals surface area (Å²) in [5, 5.41) is 19.7. The zero-order valence-corrected chi connectivity index (χ0v) is 12.4. The summed E-state index contributed by atoms with van der Waals surface area (Å²) in [5.74, 6) is -1.29. The monoisotopic (exact) mass is 316 g/mol. The van der Waals surface area contributed by atoms with Gasteiger partial charge in [0, 0.05) is 12.1 Å². The molecule has 0 aromatic heterocycles. The van der Waals surface area contributed by atoms with Crippen molar-refractivity contribution in [1.29, 1.82) is 0 Å². The van der Waals surface area contributed by atoms with Gasteiger partial charge in [-0.2, -0.15) is 4.72 Å². The molecular weight excluding hydrogens is 300 g/mol. The number of aryl methyl sites for hydroxylation is 1. The number of nitro groups is 1. The Bertz CT molecular complexity index is 656. The molecule has 1 rings (SSSR count). The summed E-state index contributed by atoms with van der Waals surface area (Å²) in [6.07, 6.45) is 0.607. The number of carboxylic acid groups (broad SMARTS) is 1. The second-order valence-electron chi connectivity index (χ2n) is 4.51. The third-order valence-corrected chi connectivity index (χ3v) is 4.46. The lowest BCUT2D eigenvalue weighted by molar-refractivity contribution is -0.385. The summed E-state index contributed by atoms with van der Waals surface area (Å²) < 4.78 is 26.5. The summed E-state index contributed by atoms with van der Waals surface area (Å²) >= 11 is 0. The van der Waals surface area contributed by atoms with Crippen molar-refractivity contribution in [3.05, 3.63) is 33.9 Å². The maximum Gasteiger partial charge on any atom is 0.321 e. The summed E-state index contributed by atoms with van der Waals surface area (Å²) in [4.78, 5) is 20.7. The molecule has 0 spiro atoms. The lowest BCUT2D eigenvalue weighted by Gasteiger charge is -2.15. The van der Waals surface area contributed by atoms with Gasteiger partial charge in [-0.15, -0.1) is 0 Å². The molecule has 0 aliphatic heterocycles. The third kappa shape index (κ3) is 4.23. The molecule has 2 N–H and O–H groups in total. The zero-order valence-electron chi connectivity index (χ0n) is 11.6. The Kier molecular flexibility index (Phi) is 5.39. The van der Waals surface area contributed by atoms with Crippen molar-refractivity contribution >= 4 is 21.7 Å². The zero-order chi connectivity index (χ0) is 16.2. The van der Waals surface area contributed by atoms with Gasteiger partial charge in [0.1, 0.15) is 6.04 Å². The van der Waals surface area contributed by atoms with E-state index in [1.54, 1.807) is 6.92 Å². The molecule has 9 heteroatoms. The van der Waals surface area contributed by atoms with Gasteiger partial charge in [0.25, 0.3) is 5.69 Å². The van der Waals surface area contributed by atoms with Crippen LogP contribution in [-0.4, -0.2) is 30.5 Å². The molecule has 0 fully saturated rings. The van der Waals surface area contributed by atoms with Crippen molar-refractivity contribution in [1.82, 2.24) is 4.72 Å². The van der Waals surface area contributed by atoms with Gasteiger partial charge in [-0.1, -0.05) is 19.4 Å². The second kappa shape index (κ2) is 6.64. The Morgan fingerprint density at radius 1 is 1.48 bits per heavy atom. The number of sulfonamides is 1. The molecule has 8 nitrogen and oxygen atoms in total. The van der Waals surface area contributed by atoms with Crippen LogP contribution in [-0.2, 0) is 14.8 Å². The van der Waals surface area contributed by atoms with Crippen molar-refractivity contribution in [2.75, 3.05) is 0 Å². The van der Waals surface area contributed by atoms with E-state index in [1.165, 1.54) is 19.1 Å². The average Bonchev–Trinajstić information content (AvgIpc) is 2.37. The maximum atomic E-state index is 12.2. The lowest BCUT2D eigenvalue weighted by atomic mass is 10.2. The fourth-order valence-corrected chi connectivity index (χ4v) is 3.25. The maximum absolute atomic E-state index is 12.2. The Morgan fingerprint density at radius 2 is 2.10 bits per heavy atom. The van der Waals surface area contributed by atoms with E-state index in [1.807, 2.05) is 0 Å². The van der Waals surface area contributed by atoms with E-state index in [2.05, 4.69) is 4.72 Å². The highest BCUT2D eigenvalue weighted by Gasteiger charge is 2.27. The number of carbonyl (C=O) groups is 1. The molecule has 0 aliphatic rings. The van der Waals surface area contributed by atoms with Gasteiger partial charge in [-0.05, 0) is 18.9 Å². The van der Waals surface area contributed by atoms with Gasteiger partial charge in [-0.25, -0.2) is 8.42 Å². The predicted molar refractivity (Wildman–Crippen MR) is 74.5 cm³/mol. The van der Waals surface area contributed by atoms with Gasteiger partial charge in [0.15, 0.2) is 0 Å². The largest absolute Gasteiger partial charge is 0.480 e. The molecular formula is C12H16N2O6S. The molecule has 1 atom stereocenters. The first kappa shape index (κ1) is 17.1. The molecule has 116 valence electrons. The first-order valence-corrected chi connectivity index (χ1v) is 7.67. The minimum Gasteiger partial charge on any atom is -0.480 e. The molecule has 0 amide bonds. The number of nitrogens with one attached hydrogen (secondary N) is 1. The Labute approximate surface area is 122 Å². The Hall–Kier alpha value is -2.00. The number of benzene rings is 1. The van der Waals surface area contributed by atoms with Crippen LogP contribution >= 0.6 is 0 Å². The third-order valence-electron chi connectivity index (χ3n) is 2.84. The van der Waals surface area contributed by atoms with Crippen molar-refractivity contribution in [2.24, 2.45) is 0 Å². The molecule has 0 heterocycles. The van der Waals surface area contributed by atoms with Crippen LogP contribution in [0.3, 0.4) is 0 Å². The SMILES string of the molecule is CCC[C@@H](NS(=O)(=O)c1cc([N+](=O)[O-])ccc1C)C(=O)O. The first-order chi connectivity index (χ1) is 9.69. The van der Waals surface area contributed by atoms with Gasteiger partial charge >= 0.3 is 5.97 Å². The molecule has 21 heavy (non-hydrogen) atoms. The van der Waals surface area contributed by atoms with Crippen LogP contribution in [0.4, 0.5) is 5.69 Å². The number of aliphatic carboxylic acids is 1. The van der Waals surface area contributed by atoms with Crippen LogP contribution in [0, 0.1) is 17.0 Å². The quantitative estimate of drug-likeness (QED) is 0.579. The topological polar surface area (TPSA) is 127 Å². The summed E-state index contributed by atoms with van der Waals surface area (Å²) in [5.41, 5.74) is -0.0721. The van der Waals surface area contributed by atoms with Gasteiger partial charge < -0.3 is 5.11 Å². The fourth-order valence-electron chi connectivity index (χ4n) is 1.76. The van der Waals surface area contributed by atoms with Crippen molar-refractivity contribution in [2.45, 2.75) is 37.6 Å². The lowest BCUT2D eigenvalue weighted by Crippen LogP contribution is -2.40. The van der Waals surface area contributed by atoms with E-state index >= 15 is 0 Å². The average molecular weight is 316 g/mol. The molecule has 1 aromatic carbocycles. The Balaban J connectivity index is 3.21. The number of non-ortho nitro benzene ring substituents is 1. The highest BCUT2D eigenvalue weighted by atomic mass is 32.2. The van der Waals surface area contributed by atoms with E-state index in [0.29, 0.717) is 12.0 Å². The van der Waals surface area contributed by atoms with Crippen LogP contribution < -0.4 is 4.72 Å². The molecule has 0 aliphatic carbocycles. The molecule has 0 unspecified atom stereocenters. The molecule has 0 saturated heterocycles. The summed E-state index contributed by atoms with van der Waals surface area (Å²) in [7, 11) is -4.15. The van der Waals surface area contributed by atoms with E-state index in [9.17, 15) is 23.3 Å². The standard InChI is InChI=1S/C12H16N2O6S/c1-3-4-10(12(15)16)13-21(19,20)11-7-9(14(17)18)6-5-8(11)2/h5-7,10,13H,3-4H2,1-2H3,(H,15,16)/t10-/m1/s1. The molecule has 1 aromatic rings. The van der Waals surface area contributed by atoms with E-state index in [0.717, 1.165) is 6.07 Å².